The van der Waals surface area contributed by atoms with Crippen molar-refractivity contribution in [1.29, 1.82) is 0 Å². The number of aromatic nitrogens is 1. The molecule has 2 aromatic carbocycles. The Morgan fingerprint density at radius 3 is 2.32 bits per heavy atom. The number of nitrogens with zero attached hydrogens (tertiary/aromatic N) is 2. The first-order chi connectivity index (χ1) is 19.3. The number of piperidine rings is 1. The van der Waals surface area contributed by atoms with Crippen LogP contribution in [0, 0.1) is 5.82 Å². The largest absolute Gasteiger partial charge is 0.477 e. The molecule has 1 aromatic heterocycles. The fourth-order valence-corrected chi connectivity index (χ4v) is 5.69. The minimum Gasteiger partial charge on any atom is -0.477 e. The number of anilines is 1. The normalized spacial score (nSPS) is 17.9. The molecule has 0 bridgehead atoms. The van der Waals surface area contributed by atoms with Crippen LogP contribution in [0.4, 0.5) is 10.1 Å². The number of rotatable bonds is 5. The maximum Gasteiger partial charge on any atom is 0.341 e. The number of aromatic carboxylic acids is 1. The smallest absolute Gasteiger partial charge is 0.341 e. The third-order valence-corrected chi connectivity index (χ3v) is 8.18. The summed E-state index contributed by atoms with van der Waals surface area (Å²) in [5.41, 5.74) is 6.33. The molecule has 1 fully saturated rings. The van der Waals surface area contributed by atoms with Crippen molar-refractivity contribution in [2.24, 2.45) is 5.73 Å². The first-order valence-corrected chi connectivity index (χ1v) is 14.6. The number of carboxylic acids is 1. The zero-order chi connectivity index (χ0) is 30.1. The number of halogens is 1. The summed E-state index contributed by atoms with van der Waals surface area (Å²) in [5, 5.41) is 9.51. The lowest BCUT2D eigenvalue weighted by Crippen LogP contribution is -2.41. The summed E-state index contributed by atoms with van der Waals surface area (Å²) >= 11 is 0. The van der Waals surface area contributed by atoms with Crippen molar-refractivity contribution in [3.05, 3.63) is 69.8 Å². The molecule has 3 aromatic rings. The van der Waals surface area contributed by atoms with Gasteiger partial charge < -0.3 is 25.0 Å². The average Bonchev–Trinajstić information content (AvgIpc) is 2.92. The topological polar surface area (TPSA) is 169 Å². The van der Waals surface area contributed by atoms with Gasteiger partial charge in [0.15, 0.2) is 0 Å². The van der Waals surface area contributed by atoms with E-state index >= 15 is 4.39 Å². The van der Waals surface area contributed by atoms with Crippen LogP contribution in [0.25, 0.3) is 10.9 Å². The molecular formula is C28H32FN3O8S. The number of hydrogen-bond donors (Lipinski definition) is 3. The van der Waals surface area contributed by atoms with E-state index in [1.165, 1.54) is 24.4 Å². The second-order valence-electron chi connectivity index (χ2n) is 10.3. The van der Waals surface area contributed by atoms with Crippen LogP contribution in [-0.2, 0) is 26.1 Å². The van der Waals surface area contributed by atoms with E-state index in [1.807, 2.05) is 11.8 Å². The zero-order valence-electron chi connectivity index (χ0n) is 22.6. The molecule has 4 N–H and O–H groups in total. The van der Waals surface area contributed by atoms with Gasteiger partial charge in [0.1, 0.15) is 23.5 Å². The van der Waals surface area contributed by atoms with E-state index in [4.69, 9.17) is 15.0 Å². The van der Waals surface area contributed by atoms with Crippen molar-refractivity contribution in [1.82, 2.24) is 4.57 Å². The van der Waals surface area contributed by atoms with E-state index in [-0.39, 0.29) is 28.0 Å². The van der Waals surface area contributed by atoms with Crippen LogP contribution < -0.4 is 16.1 Å². The lowest BCUT2D eigenvalue weighted by Gasteiger charge is -2.37. The summed E-state index contributed by atoms with van der Waals surface area (Å²) in [7, 11) is -4.00. The first-order valence-electron chi connectivity index (χ1n) is 13.2. The van der Waals surface area contributed by atoms with Gasteiger partial charge in [0.05, 0.1) is 16.1 Å². The van der Waals surface area contributed by atoms with Crippen LogP contribution in [-0.4, -0.2) is 59.8 Å². The number of esters is 1. The lowest BCUT2D eigenvalue weighted by molar-refractivity contribution is -0.151. The number of benzene rings is 2. The third kappa shape index (κ3) is 6.42. The number of carbonyl (C=O) groups is 2. The Balaban J connectivity index is 0.000000328. The molecule has 0 aliphatic carbocycles. The second-order valence-corrected chi connectivity index (χ2v) is 11.7. The molecule has 0 unspecified atom stereocenters. The maximum atomic E-state index is 15.3. The minimum absolute atomic E-state index is 0.00425. The quantitative estimate of drug-likeness (QED) is 0.297. The van der Waals surface area contributed by atoms with Crippen LogP contribution in [0.5, 0.6) is 0 Å². The number of ether oxygens (including phenoxy) is 1. The highest BCUT2D eigenvalue weighted by atomic mass is 32.2. The van der Waals surface area contributed by atoms with Crippen LogP contribution >= 0.6 is 0 Å². The van der Waals surface area contributed by atoms with Crippen LogP contribution in [0.1, 0.15) is 55.1 Å². The second kappa shape index (κ2) is 12.0. The highest BCUT2D eigenvalue weighted by molar-refractivity contribution is 7.85. The first kappa shape index (κ1) is 30.2. The Labute approximate surface area is 236 Å². The van der Waals surface area contributed by atoms with Crippen molar-refractivity contribution in [3.63, 3.8) is 0 Å². The van der Waals surface area contributed by atoms with Gasteiger partial charge in [0.25, 0.3) is 10.1 Å². The summed E-state index contributed by atoms with van der Waals surface area (Å²) in [5.74, 6) is -2.30. The van der Waals surface area contributed by atoms with Gasteiger partial charge in [0, 0.05) is 49.1 Å². The molecule has 0 spiro atoms. The van der Waals surface area contributed by atoms with Crippen molar-refractivity contribution in [3.8, 4) is 0 Å². The molecule has 1 saturated heterocycles. The van der Waals surface area contributed by atoms with Gasteiger partial charge in [0.2, 0.25) is 5.43 Å². The molecule has 5 rings (SSSR count). The van der Waals surface area contributed by atoms with Gasteiger partial charge in [-0.05, 0) is 44.9 Å². The summed E-state index contributed by atoms with van der Waals surface area (Å²) in [4.78, 5) is 37.9. The standard InChI is InChI=1S/C22H26FN3O5.C6H6O3S/c1-11-3-4-14-18-15(20(27)16(21(28)29)10-26(11)18)9-17(23)19(14)25-7-5-13(6-8-25)31-22(30)12(2)24;7-10(8,9)6-4-2-1-3-5-6/h9-13H,3-8,24H2,1-2H3,(H,28,29);1-5H,(H,7,8,9)/t11-,12-;/m0./s1. The highest BCUT2D eigenvalue weighted by Crippen LogP contribution is 2.39. The molecule has 0 saturated carbocycles. The zero-order valence-corrected chi connectivity index (χ0v) is 23.4. The molecule has 2 atom stereocenters. The molecular weight excluding hydrogens is 557 g/mol. The molecule has 2 aliphatic rings. The maximum absolute atomic E-state index is 15.3. The fraction of sp³-hybridized carbons (Fsp3) is 0.393. The van der Waals surface area contributed by atoms with E-state index < -0.39 is 39.3 Å². The lowest BCUT2D eigenvalue weighted by atomic mass is 9.93. The van der Waals surface area contributed by atoms with Gasteiger partial charge in [-0.25, -0.2) is 9.18 Å². The van der Waals surface area contributed by atoms with Crippen molar-refractivity contribution < 1.29 is 36.8 Å². The molecule has 41 heavy (non-hydrogen) atoms. The monoisotopic (exact) mass is 589 g/mol. The Kier molecular flexibility index (Phi) is 8.80. The Bertz CT molecular complexity index is 1630. The van der Waals surface area contributed by atoms with Gasteiger partial charge in [-0.2, -0.15) is 8.42 Å². The van der Waals surface area contributed by atoms with E-state index in [1.54, 1.807) is 29.7 Å². The SMILES string of the molecule is C[C@H](N)C(=O)OC1CCN(c2c(F)cc3c(=O)c(C(=O)O)cn4c3c2CC[C@@H]4C)CC1.O=S(=O)(O)c1ccccc1. The number of carboxylic acid groups (broad SMARTS) is 1. The minimum atomic E-state index is -4.00. The van der Waals surface area contributed by atoms with E-state index in [9.17, 15) is 27.9 Å². The van der Waals surface area contributed by atoms with Crippen molar-refractivity contribution >= 4 is 38.6 Å². The Hall–Kier alpha value is -3.81. The van der Waals surface area contributed by atoms with Gasteiger partial charge in [-0.15, -0.1) is 0 Å². The summed E-state index contributed by atoms with van der Waals surface area (Å²) in [6.07, 6.45) is 3.53. The molecule has 13 heteroatoms. The van der Waals surface area contributed by atoms with E-state index in [0.29, 0.717) is 50.0 Å². The summed E-state index contributed by atoms with van der Waals surface area (Å²) < 4.78 is 51.7. The van der Waals surface area contributed by atoms with Crippen molar-refractivity contribution in [2.75, 3.05) is 18.0 Å². The number of nitrogens with two attached hydrogens (primary N) is 1. The Morgan fingerprint density at radius 1 is 1.15 bits per heavy atom. The molecule has 220 valence electrons. The van der Waals surface area contributed by atoms with Crippen LogP contribution in [0.3, 0.4) is 0 Å². The number of pyridine rings is 1. The fourth-order valence-electron chi connectivity index (χ4n) is 5.19. The molecule has 0 radical (unpaired) electrons. The van der Waals surface area contributed by atoms with E-state index in [0.717, 1.165) is 5.56 Å². The molecule has 11 nitrogen and oxygen atoms in total. The third-order valence-electron chi connectivity index (χ3n) is 7.31. The molecule has 0 amide bonds. The average molecular weight is 590 g/mol. The predicted molar refractivity (Wildman–Crippen MR) is 149 cm³/mol. The van der Waals surface area contributed by atoms with Gasteiger partial charge in [-0.3, -0.25) is 14.1 Å². The van der Waals surface area contributed by atoms with E-state index in [2.05, 4.69) is 0 Å². The highest BCUT2D eigenvalue weighted by Gasteiger charge is 2.31. The summed E-state index contributed by atoms with van der Waals surface area (Å²) in [6.45, 7) is 4.53. The van der Waals surface area contributed by atoms with Gasteiger partial charge in [-0.1, -0.05) is 18.2 Å². The number of carbonyl (C=O) groups excluding carboxylic acids is 1. The molecule has 2 aliphatic heterocycles. The number of aryl methyl sites for hydroxylation is 1. The van der Waals surface area contributed by atoms with Gasteiger partial charge >= 0.3 is 11.9 Å². The van der Waals surface area contributed by atoms with Crippen LogP contribution in [0.2, 0.25) is 0 Å². The van der Waals surface area contributed by atoms with Crippen LogP contribution in [0.15, 0.2) is 52.3 Å². The van der Waals surface area contributed by atoms with Crippen molar-refractivity contribution in [2.45, 2.75) is 62.6 Å². The summed E-state index contributed by atoms with van der Waals surface area (Å²) in [6, 6.07) is 7.90. The predicted octanol–water partition coefficient (Wildman–Crippen LogP) is 3.14. The molecule has 3 heterocycles. The Morgan fingerprint density at radius 2 is 1.78 bits per heavy atom. The number of hydrogen-bond acceptors (Lipinski definition) is 8.